The summed E-state index contributed by atoms with van der Waals surface area (Å²) in [5.74, 6) is 1.32. The van der Waals surface area contributed by atoms with Gasteiger partial charge in [-0.3, -0.25) is 0 Å². The van der Waals surface area contributed by atoms with Crippen LogP contribution in [0.15, 0.2) is 36.5 Å². The molecular weight excluding hydrogens is 214 g/mol. The van der Waals surface area contributed by atoms with Crippen molar-refractivity contribution < 1.29 is 9.47 Å². The van der Waals surface area contributed by atoms with Gasteiger partial charge >= 0.3 is 0 Å². The number of pyridine rings is 1. The van der Waals surface area contributed by atoms with Crippen LogP contribution < -0.4 is 9.47 Å². The number of nitrogens with zero attached hydrogens (tertiary/aromatic N) is 1. The molecule has 1 aromatic carbocycles. The van der Waals surface area contributed by atoms with Gasteiger partial charge in [-0.25, -0.2) is 4.98 Å². The summed E-state index contributed by atoms with van der Waals surface area (Å²) >= 11 is 0. The Hall–Kier alpha value is -2.03. The van der Waals surface area contributed by atoms with Crippen LogP contribution in [0.2, 0.25) is 0 Å². The highest BCUT2D eigenvalue weighted by molar-refractivity contribution is 5.65. The molecule has 0 amide bonds. The highest BCUT2D eigenvalue weighted by Gasteiger charge is 2.13. The van der Waals surface area contributed by atoms with Crippen molar-refractivity contribution in [1.29, 1.82) is 0 Å². The minimum Gasteiger partial charge on any atom is -0.484 e. The summed E-state index contributed by atoms with van der Waals surface area (Å²) < 4.78 is 10.9. The predicted molar refractivity (Wildman–Crippen MR) is 65.4 cm³/mol. The van der Waals surface area contributed by atoms with Crippen LogP contribution in [0, 0.1) is 6.92 Å². The summed E-state index contributed by atoms with van der Waals surface area (Å²) in [6, 6.07) is 10.3. The molecule has 2 aromatic rings. The Morgan fingerprint density at radius 2 is 1.76 bits per heavy atom. The summed E-state index contributed by atoms with van der Waals surface area (Å²) in [4.78, 5) is 4.27. The Balaban J connectivity index is 2.01. The quantitative estimate of drug-likeness (QED) is 0.750. The van der Waals surface area contributed by atoms with Crippen molar-refractivity contribution in [3.05, 3.63) is 42.1 Å². The minimum atomic E-state index is 0.573. The summed E-state index contributed by atoms with van der Waals surface area (Å²) in [7, 11) is 0. The smallest absolute Gasteiger partial charge is 0.257 e. The fraction of sp³-hybridized carbons (Fsp3) is 0.214. The van der Waals surface area contributed by atoms with Gasteiger partial charge in [-0.1, -0.05) is 29.8 Å². The van der Waals surface area contributed by atoms with E-state index >= 15 is 0 Å². The zero-order valence-corrected chi connectivity index (χ0v) is 9.64. The predicted octanol–water partition coefficient (Wildman–Crippen LogP) is 2.83. The maximum Gasteiger partial charge on any atom is 0.257 e. The molecule has 0 fully saturated rings. The van der Waals surface area contributed by atoms with E-state index in [1.54, 1.807) is 0 Å². The van der Waals surface area contributed by atoms with Crippen molar-refractivity contribution >= 4 is 0 Å². The van der Waals surface area contributed by atoms with Gasteiger partial charge in [0.15, 0.2) is 5.75 Å². The van der Waals surface area contributed by atoms with Crippen LogP contribution in [-0.2, 0) is 0 Å². The lowest BCUT2D eigenvalue weighted by Crippen LogP contribution is -2.16. The summed E-state index contributed by atoms with van der Waals surface area (Å²) in [5.41, 5.74) is 3.44. The van der Waals surface area contributed by atoms with E-state index in [0.29, 0.717) is 19.1 Å². The van der Waals surface area contributed by atoms with Gasteiger partial charge < -0.3 is 9.47 Å². The van der Waals surface area contributed by atoms with Crippen LogP contribution >= 0.6 is 0 Å². The lowest BCUT2D eigenvalue weighted by molar-refractivity contribution is 0.164. The molecule has 1 aromatic heterocycles. The van der Waals surface area contributed by atoms with E-state index in [0.717, 1.165) is 16.9 Å². The molecule has 0 atom stereocenters. The monoisotopic (exact) mass is 227 g/mol. The highest BCUT2D eigenvalue weighted by atomic mass is 16.6. The molecule has 1 aliphatic heterocycles. The van der Waals surface area contributed by atoms with E-state index in [4.69, 9.17) is 9.47 Å². The largest absolute Gasteiger partial charge is 0.484 e. The van der Waals surface area contributed by atoms with Crippen LogP contribution in [0.5, 0.6) is 11.6 Å². The molecule has 0 radical (unpaired) electrons. The van der Waals surface area contributed by atoms with E-state index in [1.165, 1.54) is 5.56 Å². The number of hydrogen-bond acceptors (Lipinski definition) is 3. The fourth-order valence-corrected chi connectivity index (χ4v) is 1.84. The van der Waals surface area contributed by atoms with Gasteiger partial charge in [0.2, 0.25) is 0 Å². The summed E-state index contributed by atoms with van der Waals surface area (Å²) in [6.07, 6.45) is 1.82. The highest BCUT2D eigenvalue weighted by Crippen LogP contribution is 2.31. The van der Waals surface area contributed by atoms with Gasteiger partial charge in [0.05, 0.1) is 0 Å². The lowest BCUT2D eigenvalue weighted by Gasteiger charge is -2.17. The number of hydrogen-bond donors (Lipinski definition) is 0. The van der Waals surface area contributed by atoms with Gasteiger partial charge in [-0.2, -0.15) is 0 Å². The van der Waals surface area contributed by atoms with Crippen molar-refractivity contribution in [2.45, 2.75) is 6.92 Å². The van der Waals surface area contributed by atoms with Crippen LogP contribution in [0.25, 0.3) is 11.1 Å². The summed E-state index contributed by atoms with van der Waals surface area (Å²) in [5, 5.41) is 0. The Bertz CT molecular complexity index is 534. The third-order valence-electron chi connectivity index (χ3n) is 2.78. The van der Waals surface area contributed by atoms with Gasteiger partial charge in [-0.15, -0.1) is 0 Å². The number of aryl methyl sites for hydroxylation is 1. The third kappa shape index (κ3) is 1.96. The number of fused-ring (bicyclic) bond motifs is 1. The topological polar surface area (TPSA) is 31.4 Å². The Morgan fingerprint density at radius 3 is 2.59 bits per heavy atom. The third-order valence-corrected chi connectivity index (χ3v) is 2.78. The van der Waals surface area contributed by atoms with Crippen molar-refractivity contribution in [2.75, 3.05) is 13.2 Å². The lowest BCUT2D eigenvalue weighted by atomic mass is 10.1. The number of benzene rings is 1. The van der Waals surface area contributed by atoms with E-state index < -0.39 is 0 Å². The standard InChI is InChI=1S/C14H13NO2/c1-10-2-4-11(5-3-10)12-8-13-14(15-9-12)17-7-6-16-13/h2-5,8-9H,6-7H2,1H3. The maximum absolute atomic E-state index is 5.52. The fourth-order valence-electron chi connectivity index (χ4n) is 1.84. The zero-order valence-electron chi connectivity index (χ0n) is 9.64. The van der Waals surface area contributed by atoms with Crippen molar-refractivity contribution in [1.82, 2.24) is 4.98 Å². The molecule has 0 spiro atoms. The molecule has 3 rings (SSSR count). The molecule has 17 heavy (non-hydrogen) atoms. The first-order valence-corrected chi connectivity index (χ1v) is 5.65. The number of rotatable bonds is 1. The zero-order chi connectivity index (χ0) is 11.7. The second kappa shape index (κ2) is 4.09. The molecular formula is C14H13NO2. The van der Waals surface area contributed by atoms with Crippen molar-refractivity contribution in [3.8, 4) is 22.8 Å². The van der Waals surface area contributed by atoms with Crippen molar-refractivity contribution in [3.63, 3.8) is 0 Å². The molecule has 0 unspecified atom stereocenters. The van der Waals surface area contributed by atoms with Gasteiger partial charge in [0.1, 0.15) is 13.2 Å². The molecule has 3 nitrogen and oxygen atoms in total. The Morgan fingerprint density at radius 1 is 1.00 bits per heavy atom. The Kier molecular flexibility index (Phi) is 2.44. The van der Waals surface area contributed by atoms with Gasteiger partial charge in [0.25, 0.3) is 5.88 Å². The summed E-state index contributed by atoms with van der Waals surface area (Å²) in [6.45, 7) is 3.24. The average molecular weight is 227 g/mol. The number of aromatic nitrogens is 1. The first-order valence-electron chi connectivity index (χ1n) is 5.65. The molecule has 3 heteroatoms. The van der Waals surface area contributed by atoms with Gasteiger partial charge in [0, 0.05) is 11.8 Å². The first-order chi connectivity index (χ1) is 8.33. The molecule has 0 N–H and O–H groups in total. The molecule has 0 bridgehead atoms. The molecule has 2 heterocycles. The average Bonchev–Trinajstić information content (AvgIpc) is 2.39. The maximum atomic E-state index is 5.52. The van der Waals surface area contributed by atoms with E-state index in [1.807, 2.05) is 12.3 Å². The molecule has 0 aliphatic carbocycles. The van der Waals surface area contributed by atoms with Crippen LogP contribution in [0.4, 0.5) is 0 Å². The van der Waals surface area contributed by atoms with Crippen molar-refractivity contribution in [2.24, 2.45) is 0 Å². The van der Waals surface area contributed by atoms with Crippen LogP contribution in [0.3, 0.4) is 0 Å². The molecule has 86 valence electrons. The normalized spacial score (nSPS) is 13.5. The minimum absolute atomic E-state index is 0.573. The second-order valence-electron chi connectivity index (χ2n) is 4.09. The Labute approximate surface area is 100 Å². The number of ether oxygens (including phenoxy) is 2. The second-order valence-corrected chi connectivity index (χ2v) is 4.09. The molecule has 0 saturated heterocycles. The van der Waals surface area contributed by atoms with E-state index in [-0.39, 0.29) is 0 Å². The van der Waals surface area contributed by atoms with Crippen LogP contribution in [-0.4, -0.2) is 18.2 Å². The first kappa shape index (κ1) is 10.1. The molecule has 1 aliphatic rings. The van der Waals surface area contributed by atoms with Gasteiger partial charge in [-0.05, 0) is 18.6 Å². The van der Waals surface area contributed by atoms with E-state index in [2.05, 4.69) is 36.2 Å². The van der Waals surface area contributed by atoms with E-state index in [9.17, 15) is 0 Å². The molecule has 0 saturated carbocycles. The SMILES string of the molecule is Cc1ccc(-c2cnc3c(c2)OCCO3)cc1. The van der Waals surface area contributed by atoms with Crippen LogP contribution in [0.1, 0.15) is 5.56 Å².